The highest BCUT2D eigenvalue weighted by Crippen LogP contribution is 2.31. The minimum atomic E-state index is -0.00937. The van der Waals surface area contributed by atoms with E-state index in [1.54, 1.807) is 11.3 Å². The lowest BCUT2D eigenvalue weighted by molar-refractivity contribution is -0.132. The molecular formula is C15H19N3O2S. The second kappa shape index (κ2) is 6.39. The molecular weight excluding hydrogens is 286 g/mol. The lowest BCUT2D eigenvalue weighted by atomic mass is 10.2. The zero-order chi connectivity index (χ0) is 14.7. The highest BCUT2D eigenvalue weighted by molar-refractivity contribution is 7.09. The van der Waals surface area contributed by atoms with E-state index >= 15 is 0 Å². The van der Waals surface area contributed by atoms with Gasteiger partial charge in [0.1, 0.15) is 0 Å². The summed E-state index contributed by atoms with van der Waals surface area (Å²) in [6.45, 7) is 2.78. The average molecular weight is 305 g/mol. The molecule has 0 aliphatic carbocycles. The minimum Gasteiger partial charge on any atom is -0.339 e. The molecule has 6 heteroatoms. The van der Waals surface area contributed by atoms with Crippen molar-refractivity contribution in [2.45, 2.75) is 45.1 Å². The van der Waals surface area contributed by atoms with Gasteiger partial charge in [0, 0.05) is 24.3 Å². The molecule has 0 bridgehead atoms. The molecule has 21 heavy (non-hydrogen) atoms. The molecule has 1 amide bonds. The zero-order valence-electron chi connectivity index (χ0n) is 12.1. The number of aromatic nitrogens is 2. The Labute approximate surface area is 128 Å². The van der Waals surface area contributed by atoms with Crippen molar-refractivity contribution in [3.8, 4) is 0 Å². The van der Waals surface area contributed by atoms with Crippen molar-refractivity contribution in [3.63, 3.8) is 0 Å². The molecule has 0 spiro atoms. The van der Waals surface area contributed by atoms with E-state index in [1.165, 1.54) is 4.88 Å². The summed E-state index contributed by atoms with van der Waals surface area (Å²) in [5.74, 6) is 1.49. The van der Waals surface area contributed by atoms with Crippen LogP contribution < -0.4 is 0 Å². The van der Waals surface area contributed by atoms with Crippen LogP contribution in [0.3, 0.4) is 0 Å². The molecule has 3 rings (SSSR count). The van der Waals surface area contributed by atoms with E-state index < -0.39 is 0 Å². The first-order chi connectivity index (χ1) is 10.3. The molecule has 1 aliphatic rings. The first-order valence-corrected chi connectivity index (χ1v) is 8.30. The van der Waals surface area contributed by atoms with Gasteiger partial charge in [0.2, 0.25) is 11.8 Å². The molecule has 1 fully saturated rings. The van der Waals surface area contributed by atoms with Gasteiger partial charge < -0.3 is 9.42 Å². The molecule has 3 heterocycles. The summed E-state index contributed by atoms with van der Waals surface area (Å²) in [6, 6.07) is 4.09. The van der Waals surface area contributed by atoms with E-state index in [1.807, 2.05) is 23.3 Å². The number of rotatable bonds is 5. The molecule has 1 atom stereocenters. The molecule has 2 aromatic heterocycles. The van der Waals surface area contributed by atoms with Crippen molar-refractivity contribution in [1.29, 1.82) is 0 Å². The number of carbonyl (C=O) groups is 1. The maximum Gasteiger partial charge on any atom is 0.226 e. The first kappa shape index (κ1) is 14.3. The summed E-state index contributed by atoms with van der Waals surface area (Å²) in [6.07, 6.45) is 4.02. The van der Waals surface area contributed by atoms with Gasteiger partial charge in [-0.25, -0.2) is 0 Å². The third kappa shape index (κ3) is 3.15. The molecule has 0 aromatic carbocycles. The summed E-state index contributed by atoms with van der Waals surface area (Å²) in [7, 11) is 0. The van der Waals surface area contributed by atoms with Gasteiger partial charge in [-0.1, -0.05) is 18.1 Å². The highest BCUT2D eigenvalue weighted by atomic mass is 32.1. The van der Waals surface area contributed by atoms with Gasteiger partial charge in [0.15, 0.2) is 5.82 Å². The lowest BCUT2D eigenvalue weighted by Crippen LogP contribution is -2.31. The number of carbonyl (C=O) groups excluding carboxylic acids is 1. The molecule has 0 unspecified atom stereocenters. The third-order valence-electron chi connectivity index (χ3n) is 3.82. The van der Waals surface area contributed by atoms with Gasteiger partial charge in [-0.15, -0.1) is 11.3 Å². The van der Waals surface area contributed by atoms with E-state index in [2.05, 4.69) is 16.2 Å². The number of aryl methyl sites for hydroxylation is 2. The molecule has 0 N–H and O–H groups in total. The van der Waals surface area contributed by atoms with Crippen LogP contribution in [-0.4, -0.2) is 27.5 Å². The van der Waals surface area contributed by atoms with Gasteiger partial charge in [-0.05, 0) is 30.7 Å². The zero-order valence-corrected chi connectivity index (χ0v) is 12.9. The molecule has 112 valence electrons. The Morgan fingerprint density at radius 2 is 2.48 bits per heavy atom. The fourth-order valence-electron chi connectivity index (χ4n) is 2.71. The number of likely N-dealkylation sites (tertiary alicyclic amines) is 1. The Hall–Kier alpha value is -1.69. The van der Waals surface area contributed by atoms with Gasteiger partial charge in [-0.3, -0.25) is 4.79 Å². The van der Waals surface area contributed by atoms with E-state index in [0.29, 0.717) is 18.1 Å². The molecule has 1 aliphatic heterocycles. The Balaban J connectivity index is 1.64. The van der Waals surface area contributed by atoms with Gasteiger partial charge in [-0.2, -0.15) is 4.98 Å². The van der Waals surface area contributed by atoms with Crippen LogP contribution in [0.1, 0.15) is 48.8 Å². The van der Waals surface area contributed by atoms with Gasteiger partial charge in [0.25, 0.3) is 0 Å². The van der Waals surface area contributed by atoms with E-state index in [4.69, 9.17) is 4.52 Å². The SMILES string of the molecule is CCc1nc([C@H]2CCCN2C(=O)CCc2cccs2)no1. The molecule has 1 saturated heterocycles. The number of hydrogen-bond acceptors (Lipinski definition) is 5. The minimum absolute atomic E-state index is 0.00937. The van der Waals surface area contributed by atoms with Crippen molar-refractivity contribution in [3.05, 3.63) is 34.1 Å². The Morgan fingerprint density at radius 3 is 3.19 bits per heavy atom. The highest BCUT2D eigenvalue weighted by Gasteiger charge is 2.32. The van der Waals surface area contributed by atoms with Crippen LogP contribution in [0.4, 0.5) is 0 Å². The van der Waals surface area contributed by atoms with Gasteiger partial charge >= 0.3 is 0 Å². The van der Waals surface area contributed by atoms with E-state index in [-0.39, 0.29) is 11.9 Å². The number of thiophene rings is 1. The predicted octanol–water partition coefficient (Wildman–Crippen LogP) is 2.99. The van der Waals surface area contributed by atoms with E-state index in [9.17, 15) is 4.79 Å². The molecule has 0 saturated carbocycles. The van der Waals surface area contributed by atoms with Crippen molar-refractivity contribution in [2.75, 3.05) is 6.54 Å². The second-order valence-electron chi connectivity index (χ2n) is 5.22. The van der Waals surface area contributed by atoms with Crippen LogP contribution in [0, 0.1) is 0 Å². The van der Waals surface area contributed by atoms with Crippen molar-refractivity contribution in [1.82, 2.24) is 15.0 Å². The standard InChI is InChI=1S/C15H19N3O2S/c1-2-13-16-15(17-20-13)12-6-3-9-18(12)14(19)8-7-11-5-4-10-21-11/h4-5,10,12H,2-3,6-9H2,1H3/t12-/m1/s1. The Kier molecular flexibility index (Phi) is 4.34. The lowest BCUT2D eigenvalue weighted by Gasteiger charge is -2.22. The summed E-state index contributed by atoms with van der Waals surface area (Å²) in [5.41, 5.74) is 0. The van der Waals surface area contributed by atoms with Crippen molar-refractivity contribution >= 4 is 17.2 Å². The summed E-state index contributed by atoms with van der Waals surface area (Å²) in [5, 5.41) is 6.08. The molecule has 5 nitrogen and oxygen atoms in total. The van der Waals surface area contributed by atoms with Crippen LogP contribution >= 0.6 is 11.3 Å². The third-order valence-corrected chi connectivity index (χ3v) is 4.76. The smallest absolute Gasteiger partial charge is 0.226 e. The Morgan fingerprint density at radius 1 is 1.57 bits per heavy atom. The number of amides is 1. The predicted molar refractivity (Wildman–Crippen MR) is 80.0 cm³/mol. The maximum absolute atomic E-state index is 12.4. The summed E-state index contributed by atoms with van der Waals surface area (Å²) < 4.78 is 5.18. The number of nitrogens with zero attached hydrogens (tertiary/aromatic N) is 3. The quantitative estimate of drug-likeness (QED) is 0.852. The largest absolute Gasteiger partial charge is 0.339 e. The van der Waals surface area contributed by atoms with Crippen molar-refractivity contribution < 1.29 is 9.32 Å². The van der Waals surface area contributed by atoms with Crippen LogP contribution in [0.2, 0.25) is 0 Å². The normalized spacial score (nSPS) is 18.3. The monoisotopic (exact) mass is 305 g/mol. The van der Waals surface area contributed by atoms with E-state index in [0.717, 1.165) is 32.2 Å². The fourth-order valence-corrected chi connectivity index (χ4v) is 3.42. The number of hydrogen-bond donors (Lipinski definition) is 0. The van der Waals surface area contributed by atoms with Crippen LogP contribution in [0.5, 0.6) is 0 Å². The second-order valence-corrected chi connectivity index (χ2v) is 6.26. The topological polar surface area (TPSA) is 59.2 Å². The summed E-state index contributed by atoms with van der Waals surface area (Å²) >= 11 is 1.70. The molecule has 2 aromatic rings. The average Bonchev–Trinajstić information content (AvgIpc) is 3.23. The van der Waals surface area contributed by atoms with Crippen LogP contribution in [0.15, 0.2) is 22.0 Å². The van der Waals surface area contributed by atoms with Gasteiger partial charge in [0.05, 0.1) is 6.04 Å². The van der Waals surface area contributed by atoms with Crippen LogP contribution in [0.25, 0.3) is 0 Å². The maximum atomic E-state index is 12.4. The fraction of sp³-hybridized carbons (Fsp3) is 0.533. The van der Waals surface area contributed by atoms with Crippen LogP contribution in [-0.2, 0) is 17.6 Å². The molecule has 0 radical (unpaired) electrons. The Bertz CT molecular complexity index is 594. The first-order valence-electron chi connectivity index (χ1n) is 7.42. The van der Waals surface area contributed by atoms with Crippen molar-refractivity contribution in [2.24, 2.45) is 0 Å². The summed E-state index contributed by atoms with van der Waals surface area (Å²) in [4.78, 5) is 20.0.